The number of nitrogen functional groups attached to an aromatic ring is 1. The first kappa shape index (κ1) is 14.9. The van der Waals surface area contributed by atoms with E-state index in [2.05, 4.69) is 46.3 Å². The summed E-state index contributed by atoms with van der Waals surface area (Å²) in [5.41, 5.74) is 15.2. The normalized spacial score (nSPS) is 15.0. The van der Waals surface area contributed by atoms with Crippen LogP contribution in [0.15, 0.2) is 60.3 Å². The second kappa shape index (κ2) is 6.39. The molecule has 6 heteroatoms. The van der Waals surface area contributed by atoms with E-state index < -0.39 is 0 Å². The summed E-state index contributed by atoms with van der Waals surface area (Å²) >= 11 is 0. The van der Waals surface area contributed by atoms with Crippen LogP contribution in [-0.2, 0) is 12.8 Å². The van der Waals surface area contributed by atoms with Gasteiger partial charge in [0.1, 0.15) is 5.82 Å². The summed E-state index contributed by atoms with van der Waals surface area (Å²) in [6, 6.07) is 8.80. The topological polar surface area (TPSA) is 94.2 Å². The summed E-state index contributed by atoms with van der Waals surface area (Å²) in [7, 11) is 0. The van der Waals surface area contributed by atoms with Crippen LogP contribution in [0, 0.1) is 0 Å². The van der Waals surface area contributed by atoms with Crippen LogP contribution in [0.1, 0.15) is 11.1 Å². The molecule has 0 saturated carbocycles. The Morgan fingerprint density at radius 1 is 1.35 bits per heavy atom. The summed E-state index contributed by atoms with van der Waals surface area (Å²) in [4.78, 5) is 4.33. The van der Waals surface area contributed by atoms with Gasteiger partial charge >= 0.3 is 0 Å². The lowest BCUT2D eigenvalue weighted by Crippen LogP contribution is -2.27. The van der Waals surface area contributed by atoms with Gasteiger partial charge in [-0.25, -0.2) is 9.67 Å². The highest BCUT2D eigenvalue weighted by atomic mass is 15.3. The van der Waals surface area contributed by atoms with Gasteiger partial charge in [0.05, 0.1) is 30.0 Å². The van der Waals surface area contributed by atoms with Gasteiger partial charge in [-0.1, -0.05) is 30.8 Å². The number of hydrogen-bond acceptors (Lipinski definition) is 5. The molecule has 0 spiro atoms. The molecule has 0 amide bonds. The van der Waals surface area contributed by atoms with Crippen molar-refractivity contribution in [3.05, 3.63) is 66.4 Å². The van der Waals surface area contributed by atoms with Crippen molar-refractivity contribution in [2.45, 2.75) is 18.9 Å². The second-order valence-electron chi connectivity index (χ2n) is 5.53. The number of aromatic nitrogens is 2. The Bertz CT molecular complexity index is 746. The van der Waals surface area contributed by atoms with E-state index >= 15 is 0 Å². The van der Waals surface area contributed by atoms with Gasteiger partial charge in [0.2, 0.25) is 0 Å². The van der Waals surface area contributed by atoms with Crippen LogP contribution < -0.4 is 16.8 Å². The Morgan fingerprint density at radius 2 is 2.04 bits per heavy atom. The average molecular weight is 308 g/mol. The van der Waals surface area contributed by atoms with Crippen molar-refractivity contribution in [1.29, 1.82) is 0 Å². The van der Waals surface area contributed by atoms with Crippen molar-refractivity contribution in [2.24, 2.45) is 10.7 Å². The molecule has 1 aliphatic rings. The van der Waals surface area contributed by atoms with Crippen LogP contribution in [0.2, 0.25) is 0 Å². The SMILES string of the molecule is C=C(/N=C\C(=C/N)n1cc(N)cn1)NC1Cc2ccccc2C1. The number of aliphatic imine (C=N–C) groups is 1. The molecule has 118 valence electrons. The highest BCUT2D eigenvalue weighted by Crippen LogP contribution is 2.22. The number of nitrogens with one attached hydrogen (secondary N) is 1. The van der Waals surface area contributed by atoms with Crippen LogP contribution in [0.25, 0.3) is 5.70 Å². The van der Waals surface area contributed by atoms with Crippen molar-refractivity contribution >= 4 is 17.6 Å². The first-order chi connectivity index (χ1) is 11.2. The zero-order valence-corrected chi connectivity index (χ0v) is 12.8. The van der Waals surface area contributed by atoms with Crippen molar-refractivity contribution < 1.29 is 0 Å². The number of anilines is 1. The molecule has 1 aromatic carbocycles. The third-order valence-electron chi connectivity index (χ3n) is 3.81. The highest BCUT2D eigenvalue weighted by Gasteiger charge is 2.20. The smallest absolute Gasteiger partial charge is 0.118 e. The van der Waals surface area contributed by atoms with Gasteiger partial charge in [-0.15, -0.1) is 0 Å². The van der Waals surface area contributed by atoms with Crippen molar-refractivity contribution in [2.75, 3.05) is 5.73 Å². The summed E-state index contributed by atoms with van der Waals surface area (Å²) < 4.78 is 1.57. The van der Waals surface area contributed by atoms with Gasteiger partial charge in [0.25, 0.3) is 0 Å². The Labute approximate surface area is 135 Å². The van der Waals surface area contributed by atoms with Crippen molar-refractivity contribution in [3.8, 4) is 0 Å². The number of fused-ring (bicyclic) bond motifs is 1. The molecular formula is C17H20N6. The van der Waals surface area contributed by atoms with Gasteiger partial charge in [0.15, 0.2) is 0 Å². The minimum Gasteiger partial charge on any atom is -0.403 e. The minimum absolute atomic E-state index is 0.322. The van der Waals surface area contributed by atoms with E-state index in [1.54, 1.807) is 23.3 Å². The zero-order valence-electron chi connectivity index (χ0n) is 12.8. The van der Waals surface area contributed by atoms with Crippen LogP contribution in [0.4, 0.5) is 5.69 Å². The molecule has 0 saturated heterocycles. The Morgan fingerprint density at radius 3 is 2.61 bits per heavy atom. The number of nitrogens with zero attached hydrogens (tertiary/aromatic N) is 3. The molecule has 0 radical (unpaired) electrons. The van der Waals surface area contributed by atoms with Gasteiger partial charge in [0, 0.05) is 12.2 Å². The number of nitrogens with two attached hydrogens (primary N) is 2. The largest absolute Gasteiger partial charge is 0.403 e. The maximum Gasteiger partial charge on any atom is 0.118 e. The van der Waals surface area contributed by atoms with Crippen LogP contribution in [0.5, 0.6) is 0 Å². The summed E-state index contributed by atoms with van der Waals surface area (Å²) in [6.45, 7) is 3.95. The molecule has 0 unspecified atom stereocenters. The molecule has 0 bridgehead atoms. The van der Waals surface area contributed by atoms with E-state index in [-0.39, 0.29) is 0 Å². The van der Waals surface area contributed by atoms with Crippen LogP contribution >= 0.6 is 0 Å². The van der Waals surface area contributed by atoms with E-state index in [1.807, 2.05) is 0 Å². The average Bonchev–Trinajstić information content (AvgIpc) is 3.13. The molecule has 23 heavy (non-hydrogen) atoms. The maximum absolute atomic E-state index is 5.65. The second-order valence-corrected chi connectivity index (χ2v) is 5.53. The van der Waals surface area contributed by atoms with E-state index in [1.165, 1.54) is 17.3 Å². The third-order valence-corrected chi connectivity index (χ3v) is 3.81. The van der Waals surface area contributed by atoms with E-state index in [0.717, 1.165) is 12.8 Å². The summed E-state index contributed by atoms with van der Waals surface area (Å²) in [6.07, 6.45) is 8.24. The van der Waals surface area contributed by atoms with E-state index in [0.29, 0.717) is 23.2 Å². The quantitative estimate of drug-likeness (QED) is 0.730. The minimum atomic E-state index is 0.322. The van der Waals surface area contributed by atoms with E-state index in [4.69, 9.17) is 11.5 Å². The maximum atomic E-state index is 5.65. The highest BCUT2D eigenvalue weighted by molar-refractivity contribution is 6.02. The van der Waals surface area contributed by atoms with Gasteiger partial charge in [-0.2, -0.15) is 5.10 Å². The molecule has 6 nitrogen and oxygen atoms in total. The zero-order chi connectivity index (χ0) is 16.2. The van der Waals surface area contributed by atoms with Gasteiger partial charge in [-0.05, 0) is 24.0 Å². The molecule has 5 N–H and O–H groups in total. The van der Waals surface area contributed by atoms with Crippen LogP contribution in [0.3, 0.4) is 0 Å². The molecule has 3 rings (SSSR count). The first-order valence-electron chi connectivity index (χ1n) is 7.44. The first-order valence-corrected chi connectivity index (χ1v) is 7.44. The Balaban J connectivity index is 1.59. The molecular weight excluding hydrogens is 288 g/mol. The molecule has 0 atom stereocenters. The Kier molecular flexibility index (Phi) is 4.14. The molecule has 1 aliphatic carbocycles. The number of hydrogen-bond donors (Lipinski definition) is 3. The Hall–Kier alpha value is -3.02. The predicted molar refractivity (Wildman–Crippen MR) is 93.5 cm³/mol. The van der Waals surface area contributed by atoms with Gasteiger partial charge in [-0.3, -0.25) is 0 Å². The number of benzene rings is 1. The standard InChI is InChI=1S/C17H20N6/c1-12(20-10-17(8-18)23-11-15(19)9-21-23)22-16-6-13-4-2-3-5-14(13)7-16/h2-5,8-11,16,22H,1,6-7,18-19H2/b17-8+,20-10-. The summed E-state index contributed by atoms with van der Waals surface area (Å²) in [5.74, 6) is 0.599. The molecule has 1 aromatic heterocycles. The number of allylic oxidation sites excluding steroid dienone is 1. The molecule has 0 fully saturated rings. The monoisotopic (exact) mass is 308 g/mol. The van der Waals surface area contributed by atoms with E-state index in [9.17, 15) is 0 Å². The molecule has 1 heterocycles. The van der Waals surface area contributed by atoms with Gasteiger partial charge < -0.3 is 16.8 Å². The predicted octanol–water partition coefficient (Wildman–Crippen LogP) is 1.52. The fourth-order valence-corrected chi connectivity index (χ4v) is 2.73. The fourth-order valence-electron chi connectivity index (χ4n) is 2.73. The lowest BCUT2D eigenvalue weighted by molar-refractivity contribution is 0.594. The van der Waals surface area contributed by atoms with Crippen molar-refractivity contribution in [3.63, 3.8) is 0 Å². The van der Waals surface area contributed by atoms with Crippen LogP contribution in [-0.4, -0.2) is 22.0 Å². The molecule has 2 aromatic rings. The lowest BCUT2D eigenvalue weighted by atomic mass is 10.1. The molecule has 0 aliphatic heterocycles. The third kappa shape index (κ3) is 3.42. The lowest BCUT2D eigenvalue weighted by Gasteiger charge is -2.12. The summed E-state index contributed by atoms with van der Waals surface area (Å²) in [5, 5.41) is 7.44. The number of rotatable bonds is 5. The van der Waals surface area contributed by atoms with Crippen molar-refractivity contribution in [1.82, 2.24) is 15.1 Å². The fraction of sp³-hybridized carbons (Fsp3) is 0.176.